The molecule has 18 heavy (non-hydrogen) atoms. The van der Waals surface area contributed by atoms with E-state index in [-0.39, 0.29) is 0 Å². The van der Waals surface area contributed by atoms with Crippen LogP contribution in [-0.4, -0.2) is 56.2 Å². The van der Waals surface area contributed by atoms with Gasteiger partial charge in [0.1, 0.15) is 0 Å². The number of carbonyl (C=O) groups is 1. The summed E-state index contributed by atoms with van der Waals surface area (Å²) in [4.78, 5) is 10.4. The third kappa shape index (κ3) is 8.21. The van der Waals surface area contributed by atoms with Crippen molar-refractivity contribution in [3.63, 3.8) is 0 Å². The van der Waals surface area contributed by atoms with Crippen molar-refractivity contribution in [3.05, 3.63) is 11.6 Å². The van der Waals surface area contributed by atoms with E-state index in [4.69, 9.17) is 5.11 Å². The fourth-order valence-corrected chi connectivity index (χ4v) is 2.42. The lowest BCUT2D eigenvalue weighted by Crippen LogP contribution is -2.32. The van der Waals surface area contributed by atoms with E-state index in [0.29, 0.717) is 32.6 Å². The summed E-state index contributed by atoms with van der Waals surface area (Å²) in [5, 5.41) is 11.6. The van der Waals surface area contributed by atoms with Crippen LogP contribution in [0.5, 0.6) is 0 Å². The fraction of sp³-hybridized carbons (Fsp3) is 0.727. The van der Waals surface area contributed by atoms with Crippen LogP contribution >= 0.6 is 0 Å². The monoisotopic (exact) mass is 278 g/mol. The fourth-order valence-electron chi connectivity index (χ4n) is 1.49. The Labute approximate surface area is 109 Å². The van der Waals surface area contributed by atoms with E-state index in [1.54, 1.807) is 13.8 Å². The largest absolute Gasteiger partial charge is 0.478 e. The number of hydrogen-bond acceptors (Lipinski definition) is 4. The molecule has 0 aliphatic carbocycles. The molecule has 0 saturated carbocycles. The van der Waals surface area contributed by atoms with Crippen molar-refractivity contribution in [3.8, 4) is 0 Å². The van der Waals surface area contributed by atoms with E-state index in [9.17, 15) is 13.2 Å². The molecule has 0 rings (SSSR count). The van der Waals surface area contributed by atoms with Crippen LogP contribution < -0.4 is 5.32 Å². The minimum atomic E-state index is -3.12. The Bertz CT molecular complexity index is 390. The Morgan fingerprint density at radius 3 is 2.50 bits per heavy atom. The summed E-state index contributed by atoms with van der Waals surface area (Å²) >= 11 is 0. The summed E-state index contributed by atoms with van der Waals surface area (Å²) in [7, 11) is -3.12. The smallest absolute Gasteiger partial charge is 0.328 e. The Kier molecular flexibility index (Phi) is 7.81. The van der Waals surface area contributed by atoms with Crippen LogP contribution in [0.15, 0.2) is 11.6 Å². The number of carboxylic acids is 1. The van der Waals surface area contributed by atoms with E-state index in [2.05, 4.69) is 5.32 Å². The number of sulfonamides is 1. The molecule has 0 aromatic carbocycles. The summed E-state index contributed by atoms with van der Waals surface area (Å²) in [6.07, 6.45) is 3.05. The second kappa shape index (κ2) is 8.23. The van der Waals surface area contributed by atoms with Crippen molar-refractivity contribution in [1.29, 1.82) is 0 Å². The van der Waals surface area contributed by atoms with Crippen molar-refractivity contribution in [2.24, 2.45) is 0 Å². The number of nitrogens with zero attached hydrogens (tertiary/aromatic N) is 1. The van der Waals surface area contributed by atoms with E-state index < -0.39 is 16.0 Å². The highest BCUT2D eigenvalue weighted by molar-refractivity contribution is 7.88. The van der Waals surface area contributed by atoms with Crippen LogP contribution in [0.1, 0.15) is 20.3 Å². The molecule has 0 radical (unpaired) electrons. The first-order valence-corrected chi connectivity index (χ1v) is 7.68. The van der Waals surface area contributed by atoms with Crippen LogP contribution in [0.25, 0.3) is 0 Å². The predicted molar refractivity (Wildman–Crippen MR) is 71.0 cm³/mol. The van der Waals surface area contributed by atoms with Crippen molar-refractivity contribution >= 4 is 16.0 Å². The molecule has 0 saturated heterocycles. The van der Waals surface area contributed by atoms with E-state index in [0.717, 1.165) is 11.6 Å². The summed E-state index contributed by atoms with van der Waals surface area (Å²) in [6, 6.07) is 0. The third-order valence-electron chi connectivity index (χ3n) is 2.36. The van der Waals surface area contributed by atoms with Gasteiger partial charge in [-0.1, -0.05) is 12.5 Å². The molecule has 106 valence electrons. The van der Waals surface area contributed by atoms with Crippen molar-refractivity contribution in [2.75, 3.05) is 32.4 Å². The predicted octanol–water partition coefficient (Wildman–Crippen LogP) is 0.279. The summed E-state index contributed by atoms with van der Waals surface area (Å²) < 4.78 is 24.0. The lowest BCUT2D eigenvalue weighted by molar-refractivity contribution is -0.131. The molecule has 2 N–H and O–H groups in total. The summed E-state index contributed by atoms with van der Waals surface area (Å²) in [5.74, 6) is -0.955. The molecule has 7 heteroatoms. The second-order valence-corrected chi connectivity index (χ2v) is 6.10. The zero-order valence-corrected chi connectivity index (χ0v) is 12.0. The van der Waals surface area contributed by atoms with Crippen molar-refractivity contribution < 1.29 is 18.3 Å². The van der Waals surface area contributed by atoms with E-state index in [1.165, 1.54) is 10.6 Å². The van der Waals surface area contributed by atoms with Gasteiger partial charge in [-0.15, -0.1) is 0 Å². The maximum atomic E-state index is 11.3. The second-order valence-electron chi connectivity index (χ2n) is 4.11. The van der Waals surface area contributed by atoms with E-state index >= 15 is 0 Å². The van der Waals surface area contributed by atoms with Crippen molar-refractivity contribution in [1.82, 2.24) is 9.62 Å². The molecule has 0 aromatic heterocycles. The van der Waals surface area contributed by atoms with Gasteiger partial charge in [0, 0.05) is 25.7 Å². The molecular formula is C11H22N2O4S. The van der Waals surface area contributed by atoms with Gasteiger partial charge in [-0.05, 0) is 19.9 Å². The minimum Gasteiger partial charge on any atom is -0.478 e. The maximum absolute atomic E-state index is 11.3. The number of rotatable bonds is 9. The van der Waals surface area contributed by atoms with Gasteiger partial charge >= 0.3 is 5.97 Å². The zero-order valence-electron chi connectivity index (χ0n) is 11.1. The maximum Gasteiger partial charge on any atom is 0.328 e. The minimum absolute atomic E-state index is 0.469. The highest BCUT2D eigenvalue weighted by Gasteiger charge is 2.12. The van der Waals surface area contributed by atoms with Gasteiger partial charge in [-0.3, -0.25) is 0 Å². The molecule has 6 nitrogen and oxygen atoms in total. The van der Waals surface area contributed by atoms with Gasteiger partial charge in [0.25, 0.3) is 0 Å². The molecule has 0 atom stereocenters. The van der Waals surface area contributed by atoms with Crippen LogP contribution in [0.2, 0.25) is 0 Å². The number of nitrogens with one attached hydrogen (secondary N) is 1. The van der Waals surface area contributed by atoms with Gasteiger partial charge in [0.2, 0.25) is 10.0 Å². The van der Waals surface area contributed by atoms with Crippen LogP contribution in [0, 0.1) is 0 Å². The first kappa shape index (κ1) is 17.1. The van der Waals surface area contributed by atoms with Crippen LogP contribution in [0.3, 0.4) is 0 Å². The first-order valence-electron chi connectivity index (χ1n) is 5.83. The highest BCUT2D eigenvalue weighted by Crippen LogP contribution is 1.98. The first-order chi connectivity index (χ1) is 8.27. The Morgan fingerprint density at radius 2 is 2.06 bits per heavy atom. The lowest BCUT2D eigenvalue weighted by atomic mass is 10.3. The molecular weight excluding hydrogens is 256 g/mol. The molecule has 0 aliphatic rings. The zero-order chi connectivity index (χ0) is 14.2. The highest BCUT2D eigenvalue weighted by atomic mass is 32.2. The molecule has 0 fully saturated rings. The van der Waals surface area contributed by atoms with Crippen molar-refractivity contribution in [2.45, 2.75) is 20.3 Å². The Morgan fingerprint density at radius 1 is 1.44 bits per heavy atom. The van der Waals surface area contributed by atoms with Gasteiger partial charge in [-0.2, -0.15) is 0 Å². The number of aliphatic carboxylic acids is 1. The average Bonchev–Trinajstić information content (AvgIpc) is 2.20. The van der Waals surface area contributed by atoms with E-state index in [1.807, 2.05) is 0 Å². The Balaban J connectivity index is 3.84. The standard InChI is InChI=1S/C11H22N2O4S/c1-4-13(18(3,16)17)7-5-6-12-9-10(2)8-11(14)15/h8,12H,4-7,9H2,1-3H3,(H,14,15). The SMILES string of the molecule is CCN(CCCNCC(C)=CC(=O)O)S(C)(=O)=O. The lowest BCUT2D eigenvalue weighted by Gasteiger charge is -2.17. The molecule has 0 unspecified atom stereocenters. The number of hydrogen-bond donors (Lipinski definition) is 2. The molecule has 0 aromatic rings. The van der Waals surface area contributed by atoms with Gasteiger partial charge in [0.15, 0.2) is 0 Å². The quantitative estimate of drug-likeness (QED) is 0.467. The molecule has 0 spiro atoms. The summed E-state index contributed by atoms with van der Waals surface area (Å²) in [6.45, 7) is 5.62. The number of carboxylic acid groups (broad SMARTS) is 1. The Hall–Kier alpha value is -0.920. The van der Waals surface area contributed by atoms with Crippen LogP contribution in [-0.2, 0) is 14.8 Å². The van der Waals surface area contributed by atoms with Crippen LogP contribution in [0.4, 0.5) is 0 Å². The van der Waals surface area contributed by atoms with Gasteiger partial charge < -0.3 is 10.4 Å². The normalized spacial score (nSPS) is 13.0. The molecule has 0 heterocycles. The molecule has 0 amide bonds. The summed E-state index contributed by atoms with van der Waals surface area (Å²) in [5.41, 5.74) is 0.734. The average molecular weight is 278 g/mol. The topological polar surface area (TPSA) is 86.7 Å². The third-order valence-corrected chi connectivity index (χ3v) is 3.74. The van der Waals surface area contributed by atoms with Gasteiger partial charge in [0.05, 0.1) is 6.26 Å². The van der Waals surface area contributed by atoms with Gasteiger partial charge in [-0.25, -0.2) is 17.5 Å². The molecule has 0 aliphatic heterocycles. The molecule has 0 bridgehead atoms.